The molecule has 3 rings (SSSR count). The molecule has 1 aromatic carbocycles. The van der Waals surface area contributed by atoms with Gasteiger partial charge in [-0.1, -0.05) is 18.6 Å². The molecule has 1 amide bonds. The summed E-state index contributed by atoms with van der Waals surface area (Å²) in [6, 6.07) is 4.48. The molecule has 0 spiro atoms. The summed E-state index contributed by atoms with van der Waals surface area (Å²) in [7, 11) is 0. The van der Waals surface area contributed by atoms with Crippen molar-refractivity contribution >= 4 is 5.91 Å². The number of carbonyl (C=O) groups excluding carboxylic acids is 1. The summed E-state index contributed by atoms with van der Waals surface area (Å²) in [5, 5.41) is 10.5. The Hall–Kier alpha value is -2.75. The van der Waals surface area contributed by atoms with Gasteiger partial charge in [0.15, 0.2) is 5.82 Å². The number of halogens is 3. The first-order chi connectivity index (χ1) is 14.3. The highest BCUT2D eigenvalue weighted by Crippen LogP contribution is 2.31. The summed E-state index contributed by atoms with van der Waals surface area (Å²) in [5.41, 5.74) is -1.24. The van der Waals surface area contributed by atoms with E-state index in [4.69, 9.17) is 0 Å². The van der Waals surface area contributed by atoms with E-state index in [1.54, 1.807) is 0 Å². The molecule has 2 aromatic rings. The average molecular weight is 423 g/mol. The summed E-state index contributed by atoms with van der Waals surface area (Å²) >= 11 is 0. The second-order valence-corrected chi connectivity index (χ2v) is 7.28. The highest BCUT2D eigenvalue weighted by molar-refractivity contribution is 5.76. The highest BCUT2D eigenvalue weighted by atomic mass is 19.4. The molecule has 1 saturated heterocycles. The molecule has 1 aliphatic rings. The Bertz CT molecular complexity index is 923. The van der Waals surface area contributed by atoms with E-state index >= 15 is 0 Å². The highest BCUT2D eigenvalue weighted by Gasteiger charge is 2.30. The Morgan fingerprint density at radius 1 is 1.17 bits per heavy atom. The average Bonchev–Trinajstić information content (AvgIpc) is 2.73. The molecule has 0 radical (unpaired) electrons. The molecule has 1 aliphatic heterocycles. The van der Waals surface area contributed by atoms with E-state index in [-0.39, 0.29) is 35.8 Å². The maximum atomic E-state index is 12.8. The minimum Gasteiger partial charge on any atom is -0.355 e. The van der Waals surface area contributed by atoms with Crippen LogP contribution in [0.25, 0.3) is 11.4 Å². The van der Waals surface area contributed by atoms with Crippen LogP contribution in [0.1, 0.15) is 36.9 Å². The number of hydrogen-bond donors (Lipinski definition) is 2. The van der Waals surface area contributed by atoms with Crippen molar-refractivity contribution in [3.05, 3.63) is 45.9 Å². The molecule has 7 nitrogen and oxygen atoms in total. The lowest BCUT2D eigenvalue weighted by Crippen LogP contribution is -2.37. The number of likely N-dealkylation sites (tertiary alicyclic amines) is 1. The van der Waals surface area contributed by atoms with Gasteiger partial charge in [-0.25, -0.2) is 0 Å². The zero-order valence-electron chi connectivity index (χ0n) is 16.5. The first-order valence-corrected chi connectivity index (χ1v) is 9.95. The first-order valence-electron chi connectivity index (χ1n) is 9.95. The predicted octanol–water partition coefficient (Wildman–Crippen LogP) is 2.39. The Labute approximate surface area is 171 Å². The van der Waals surface area contributed by atoms with Gasteiger partial charge in [-0.2, -0.15) is 13.2 Å². The van der Waals surface area contributed by atoms with E-state index in [9.17, 15) is 22.8 Å². The van der Waals surface area contributed by atoms with Crippen molar-refractivity contribution in [2.24, 2.45) is 0 Å². The Morgan fingerprint density at radius 3 is 2.63 bits per heavy atom. The maximum Gasteiger partial charge on any atom is 0.416 e. The van der Waals surface area contributed by atoms with E-state index in [0.29, 0.717) is 6.54 Å². The van der Waals surface area contributed by atoms with Crippen LogP contribution in [0.15, 0.2) is 29.1 Å². The molecule has 1 fully saturated rings. The van der Waals surface area contributed by atoms with Crippen LogP contribution in [0.2, 0.25) is 0 Å². The van der Waals surface area contributed by atoms with Gasteiger partial charge in [0.2, 0.25) is 5.91 Å². The summed E-state index contributed by atoms with van der Waals surface area (Å²) < 4.78 is 38.5. The van der Waals surface area contributed by atoms with Gasteiger partial charge in [0, 0.05) is 31.5 Å². The van der Waals surface area contributed by atoms with E-state index < -0.39 is 17.3 Å². The molecule has 0 aliphatic carbocycles. The van der Waals surface area contributed by atoms with Gasteiger partial charge in [-0.3, -0.25) is 9.59 Å². The fraction of sp³-hybridized carbons (Fsp3) is 0.500. The van der Waals surface area contributed by atoms with Crippen LogP contribution in [-0.4, -0.2) is 52.2 Å². The molecule has 162 valence electrons. The molecule has 2 heterocycles. The third-order valence-electron chi connectivity index (χ3n) is 5.02. The smallest absolute Gasteiger partial charge is 0.355 e. The van der Waals surface area contributed by atoms with E-state index in [2.05, 4.69) is 25.4 Å². The van der Waals surface area contributed by atoms with Gasteiger partial charge in [-0.05, 0) is 38.1 Å². The van der Waals surface area contributed by atoms with E-state index in [0.717, 1.165) is 31.8 Å². The van der Waals surface area contributed by atoms with Crippen molar-refractivity contribution in [2.45, 2.75) is 38.3 Å². The van der Waals surface area contributed by atoms with Crippen LogP contribution in [0.5, 0.6) is 0 Å². The van der Waals surface area contributed by atoms with Gasteiger partial charge in [0.05, 0.1) is 5.56 Å². The Kier molecular flexibility index (Phi) is 7.20. The lowest BCUT2D eigenvalue weighted by Gasteiger charge is -2.26. The number of aryl methyl sites for hydroxylation is 1. The topological polar surface area (TPSA) is 91.0 Å². The predicted molar refractivity (Wildman–Crippen MR) is 105 cm³/mol. The third-order valence-corrected chi connectivity index (χ3v) is 5.02. The van der Waals surface area contributed by atoms with Crippen LogP contribution < -0.4 is 10.9 Å². The quantitative estimate of drug-likeness (QED) is 0.714. The number of piperidine rings is 1. The van der Waals surface area contributed by atoms with Crippen LogP contribution >= 0.6 is 0 Å². The monoisotopic (exact) mass is 423 g/mol. The molecular weight excluding hydrogens is 399 g/mol. The fourth-order valence-electron chi connectivity index (χ4n) is 3.35. The van der Waals surface area contributed by atoms with Gasteiger partial charge in [0.25, 0.3) is 5.56 Å². The summed E-state index contributed by atoms with van der Waals surface area (Å²) in [5.74, 6) is -0.240. The molecule has 1 aromatic heterocycles. The summed E-state index contributed by atoms with van der Waals surface area (Å²) in [4.78, 5) is 29.0. The molecule has 10 heteroatoms. The Balaban J connectivity index is 1.53. The number of aromatic nitrogens is 3. The van der Waals surface area contributed by atoms with Gasteiger partial charge in [-0.15, -0.1) is 10.2 Å². The lowest BCUT2D eigenvalue weighted by molar-refractivity contribution is -0.137. The minimum absolute atomic E-state index is 0.0548. The second-order valence-electron chi connectivity index (χ2n) is 7.28. The number of benzene rings is 1. The summed E-state index contributed by atoms with van der Waals surface area (Å²) in [6.45, 7) is 3.46. The molecule has 0 unspecified atom stereocenters. The van der Waals surface area contributed by atoms with E-state index in [1.165, 1.54) is 31.4 Å². The number of hydrogen-bond acceptors (Lipinski definition) is 5. The zero-order valence-corrected chi connectivity index (χ0v) is 16.5. The molecule has 2 N–H and O–H groups in total. The lowest BCUT2D eigenvalue weighted by atomic mass is 10.1. The van der Waals surface area contributed by atoms with Gasteiger partial charge in [0.1, 0.15) is 5.69 Å². The number of nitrogens with one attached hydrogen (secondary N) is 2. The van der Waals surface area contributed by atoms with Crippen molar-refractivity contribution in [3.63, 3.8) is 0 Å². The molecule has 0 bridgehead atoms. The Morgan fingerprint density at radius 2 is 1.93 bits per heavy atom. The number of carbonyl (C=O) groups is 1. The van der Waals surface area contributed by atoms with Crippen LogP contribution in [0, 0.1) is 0 Å². The molecule has 30 heavy (non-hydrogen) atoms. The molecular formula is C20H24F3N5O2. The second kappa shape index (κ2) is 9.84. The number of nitrogens with zero attached hydrogens (tertiary/aromatic N) is 3. The van der Waals surface area contributed by atoms with Crippen molar-refractivity contribution in [1.29, 1.82) is 0 Å². The SMILES string of the molecule is O=C(CCc1nnc(-c2cccc(C(F)(F)F)c2)[nH]c1=O)NCCN1CCCCC1. The number of aromatic amines is 1. The van der Waals surface area contributed by atoms with Crippen LogP contribution in [0.3, 0.4) is 0 Å². The number of rotatable bonds is 7. The van der Waals surface area contributed by atoms with Crippen LogP contribution in [0.4, 0.5) is 13.2 Å². The normalized spacial score (nSPS) is 15.2. The van der Waals surface area contributed by atoms with Crippen molar-refractivity contribution < 1.29 is 18.0 Å². The minimum atomic E-state index is -4.50. The maximum absolute atomic E-state index is 12.8. The van der Waals surface area contributed by atoms with Crippen molar-refractivity contribution in [1.82, 2.24) is 25.4 Å². The fourth-order valence-corrected chi connectivity index (χ4v) is 3.35. The number of amides is 1. The molecule has 0 atom stereocenters. The van der Waals surface area contributed by atoms with Gasteiger partial charge < -0.3 is 15.2 Å². The molecule has 0 saturated carbocycles. The van der Waals surface area contributed by atoms with Crippen LogP contribution in [-0.2, 0) is 17.4 Å². The number of alkyl halides is 3. The number of H-pyrrole nitrogens is 1. The first kappa shape index (κ1) is 21.9. The summed E-state index contributed by atoms with van der Waals surface area (Å²) in [6.07, 6.45) is -0.685. The van der Waals surface area contributed by atoms with Crippen molar-refractivity contribution in [3.8, 4) is 11.4 Å². The largest absolute Gasteiger partial charge is 0.416 e. The van der Waals surface area contributed by atoms with Gasteiger partial charge >= 0.3 is 6.18 Å². The zero-order chi connectivity index (χ0) is 21.6. The van der Waals surface area contributed by atoms with Crippen molar-refractivity contribution in [2.75, 3.05) is 26.2 Å². The standard InChI is InChI=1S/C20H24F3N5O2/c21-20(22,23)15-6-4-5-14(13-15)18-25-19(30)16(26-27-18)7-8-17(29)24-9-12-28-10-2-1-3-11-28/h4-6,13H,1-3,7-12H2,(H,24,29)(H,25,27,30). The third kappa shape index (κ3) is 6.12. The van der Waals surface area contributed by atoms with E-state index in [1.807, 2.05) is 0 Å².